The van der Waals surface area contributed by atoms with Crippen molar-refractivity contribution in [3.63, 3.8) is 0 Å². The van der Waals surface area contributed by atoms with Crippen LogP contribution in [0.4, 0.5) is 5.69 Å². The zero-order valence-corrected chi connectivity index (χ0v) is 14.9. The first kappa shape index (κ1) is 16.8. The number of benzene rings is 2. The van der Waals surface area contributed by atoms with Crippen LogP contribution in [-0.2, 0) is 9.59 Å². The fourth-order valence-electron chi connectivity index (χ4n) is 2.61. The van der Waals surface area contributed by atoms with Crippen molar-refractivity contribution in [1.29, 1.82) is 0 Å². The lowest BCUT2D eigenvalue weighted by atomic mass is 10.0. The van der Waals surface area contributed by atoms with Crippen LogP contribution in [0.25, 0.3) is 5.57 Å². The van der Waals surface area contributed by atoms with Gasteiger partial charge in [0.25, 0.3) is 11.8 Å². The van der Waals surface area contributed by atoms with Gasteiger partial charge in [0.15, 0.2) is 0 Å². The highest BCUT2D eigenvalue weighted by Crippen LogP contribution is 2.40. The van der Waals surface area contributed by atoms with E-state index in [0.717, 1.165) is 11.1 Å². The van der Waals surface area contributed by atoms with E-state index in [1.54, 1.807) is 24.3 Å². The number of hydrogen-bond donors (Lipinski definition) is 0. The van der Waals surface area contributed by atoms with Crippen molar-refractivity contribution in [2.24, 2.45) is 0 Å². The van der Waals surface area contributed by atoms with E-state index in [9.17, 15) is 9.59 Å². The van der Waals surface area contributed by atoms with Gasteiger partial charge in [-0.2, -0.15) is 0 Å². The van der Waals surface area contributed by atoms with E-state index in [0.29, 0.717) is 26.9 Å². The van der Waals surface area contributed by atoms with Crippen molar-refractivity contribution in [2.45, 2.75) is 13.8 Å². The van der Waals surface area contributed by atoms with Crippen LogP contribution in [0, 0.1) is 6.92 Å². The summed E-state index contributed by atoms with van der Waals surface area (Å²) >= 11 is 7.59. The van der Waals surface area contributed by atoms with Gasteiger partial charge in [-0.05, 0) is 30.4 Å². The van der Waals surface area contributed by atoms with Crippen LogP contribution in [0.2, 0.25) is 5.02 Å². The molecular weight excluding hydrogens is 342 g/mol. The number of thioether (sulfide) groups is 1. The Morgan fingerprint density at radius 2 is 1.67 bits per heavy atom. The topological polar surface area (TPSA) is 37.4 Å². The molecule has 2 aromatic carbocycles. The van der Waals surface area contributed by atoms with E-state index in [1.807, 2.05) is 38.1 Å². The number of aryl methyl sites for hydroxylation is 1. The van der Waals surface area contributed by atoms with Gasteiger partial charge in [0, 0.05) is 0 Å². The largest absolute Gasteiger partial charge is 0.272 e. The second-order valence-corrected chi connectivity index (χ2v) is 7.08. The molecular formula is C19H16ClNO2S. The third-order valence-corrected chi connectivity index (χ3v) is 5.04. The van der Waals surface area contributed by atoms with Crippen LogP contribution in [0.15, 0.2) is 53.4 Å². The molecule has 5 heteroatoms. The zero-order valence-electron chi connectivity index (χ0n) is 13.4. The van der Waals surface area contributed by atoms with Gasteiger partial charge >= 0.3 is 0 Å². The van der Waals surface area contributed by atoms with Crippen molar-refractivity contribution >= 4 is 46.4 Å². The summed E-state index contributed by atoms with van der Waals surface area (Å²) in [5, 5.41) is 0.380. The Balaban J connectivity index is 2.12. The molecule has 0 bridgehead atoms. The number of carbonyl (C=O) groups excluding carboxylic acids is 2. The highest BCUT2D eigenvalue weighted by atomic mass is 35.5. The molecule has 0 saturated carbocycles. The molecule has 0 radical (unpaired) electrons. The van der Waals surface area contributed by atoms with Gasteiger partial charge in [-0.3, -0.25) is 9.59 Å². The number of halogens is 1. The lowest BCUT2D eigenvalue weighted by Gasteiger charge is -2.16. The number of amides is 2. The number of rotatable bonds is 4. The summed E-state index contributed by atoms with van der Waals surface area (Å²) in [6, 6.07) is 14.5. The van der Waals surface area contributed by atoms with Crippen molar-refractivity contribution in [1.82, 2.24) is 0 Å². The summed E-state index contributed by atoms with van der Waals surface area (Å²) in [5.41, 5.74) is 2.73. The maximum Gasteiger partial charge on any atom is 0.272 e. The van der Waals surface area contributed by atoms with E-state index < -0.39 is 0 Å². The van der Waals surface area contributed by atoms with E-state index in [4.69, 9.17) is 11.6 Å². The van der Waals surface area contributed by atoms with Gasteiger partial charge in [-0.15, -0.1) is 11.8 Å². The van der Waals surface area contributed by atoms with Gasteiger partial charge in [0.1, 0.15) is 0 Å². The Labute approximate surface area is 150 Å². The number of nitrogens with zero attached hydrogens (tertiary/aromatic N) is 1. The normalized spacial score (nSPS) is 14.7. The van der Waals surface area contributed by atoms with E-state index in [1.165, 1.54) is 16.7 Å². The molecule has 0 aromatic heterocycles. The van der Waals surface area contributed by atoms with Crippen LogP contribution in [0.5, 0.6) is 0 Å². The molecule has 1 aliphatic heterocycles. The van der Waals surface area contributed by atoms with Gasteiger partial charge in [-0.25, -0.2) is 4.90 Å². The summed E-state index contributed by atoms with van der Waals surface area (Å²) in [7, 11) is 0. The molecule has 2 amide bonds. The maximum absolute atomic E-state index is 13.0. The third kappa shape index (κ3) is 2.87. The molecule has 0 aliphatic carbocycles. The summed E-state index contributed by atoms with van der Waals surface area (Å²) < 4.78 is 0. The van der Waals surface area contributed by atoms with Crippen molar-refractivity contribution in [3.8, 4) is 0 Å². The molecule has 1 aliphatic rings. The molecule has 0 fully saturated rings. The molecule has 122 valence electrons. The Kier molecular flexibility index (Phi) is 4.78. The van der Waals surface area contributed by atoms with Gasteiger partial charge < -0.3 is 0 Å². The van der Waals surface area contributed by atoms with Crippen molar-refractivity contribution in [2.75, 3.05) is 10.7 Å². The maximum atomic E-state index is 13.0. The van der Waals surface area contributed by atoms with Gasteiger partial charge in [-0.1, -0.05) is 60.5 Å². The monoisotopic (exact) mass is 357 g/mol. The quantitative estimate of drug-likeness (QED) is 0.745. The summed E-state index contributed by atoms with van der Waals surface area (Å²) in [5.74, 6) is 0.0727. The minimum atomic E-state index is -0.326. The van der Waals surface area contributed by atoms with E-state index >= 15 is 0 Å². The minimum absolute atomic E-state index is 0.310. The summed E-state index contributed by atoms with van der Waals surface area (Å²) in [6.07, 6.45) is 0. The lowest BCUT2D eigenvalue weighted by Crippen LogP contribution is -2.31. The lowest BCUT2D eigenvalue weighted by molar-refractivity contribution is -0.119. The highest BCUT2D eigenvalue weighted by molar-refractivity contribution is 8.04. The number of hydrogen-bond acceptors (Lipinski definition) is 3. The number of para-hydroxylation sites is 1. The number of anilines is 1. The zero-order chi connectivity index (χ0) is 17.3. The Bertz CT molecular complexity index is 843. The molecule has 2 aromatic rings. The molecule has 0 unspecified atom stereocenters. The molecule has 0 saturated heterocycles. The van der Waals surface area contributed by atoms with E-state index in [-0.39, 0.29) is 11.8 Å². The standard InChI is InChI=1S/C19H16ClNO2S/c1-3-24-17-16(13-10-8-12(2)9-11-13)18(22)21(19(17)23)15-7-5-4-6-14(15)20/h4-11H,3H2,1-2H3. The third-order valence-electron chi connectivity index (χ3n) is 3.76. The molecule has 3 rings (SSSR count). The smallest absolute Gasteiger partial charge is 0.268 e. The van der Waals surface area contributed by atoms with Gasteiger partial charge in [0.2, 0.25) is 0 Å². The summed E-state index contributed by atoms with van der Waals surface area (Å²) in [4.78, 5) is 27.5. The van der Waals surface area contributed by atoms with E-state index in [2.05, 4.69) is 0 Å². The molecule has 3 nitrogen and oxygen atoms in total. The van der Waals surface area contributed by atoms with Crippen LogP contribution < -0.4 is 4.90 Å². The minimum Gasteiger partial charge on any atom is -0.268 e. The number of carbonyl (C=O) groups is 2. The predicted molar refractivity (Wildman–Crippen MR) is 100 cm³/mol. The van der Waals surface area contributed by atoms with Crippen molar-refractivity contribution < 1.29 is 9.59 Å². The Hall–Kier alpha value is -2.04. The fraction of sp³-hybridized carbons (Fsp3) is 0.158. The summed E-state index contributed by atoms with van der Waals surface area (Å²) in [6.45, 7) is 3.94. The molecule has 0 atom stereocenters. The average Bonchev–Trinajstić information content (AvgIpc) is 2.81. The molecule has 0 spiro atoms. The molecule has 24 heavy (non-hydrogen) atoms. The first-order valence-corrected chi connectivity index (χ1v) is 8.98. The predicted octanol–water partition coefficient (Wildman–Crippen LogP) is 4.69. The first-order chi connectivity index (χ1) is 11.5. The van der Waals surface area contributed by atoms with Crippen LogP contribution in [0.3, 0.4) is 0 Å². The van der Waals surface area contributed by atoms with Crippen molar-refractivity contribution in [3.05, 3.63) is 69.6 Å². The van der Waals surface area contributed by atoms with Crippen LogP contribution in [0.1, 0.15) is 18.1 Å². The first-order valence-electron chi connectivity index (χ1n) is 7.62. The SMILES string of the molecule is CCSC1=C(c2ccc(C)cc2)C(=O)N(c2ccccc2Cl)C1=O. The van der Waals surface area contributed by atoms with Crippen LogP contribution >= 0.6 is 23.4 Å². The fourth-order valence-corrected chi connectivity index (χ4v) is 3.69. The Morgan fingerprint density at radius 1 is 1.00 bits per heavy atom. The molecule has 1 heterocycles. The molecule has 0 N–H and O–H groups in total. The average molecular weight is 358 g/mol. The highest BCUT2D eigenvalue weighted by Gasteiger charge is 2.40. The number of imide groups is 1. The Morgan fingerprint density at radius 3 is 2.29 bits per heavy atom. The van der Waals surface area contributed by atoms with Crippen LogP contribution in [-0.4, -0.2) is 17.6 Å². The second kappa shape index (κ2) is 6.83. The van der Waals surface area contributed by atoms with Gasteiger partial charge in [0.05, 0.1) is 21.2 Å². The second-order valence-electron chi connectivity index (χ2n) is 5.40.